The lowest BCUT2D eigenvalue weighted by atomic mass is 9.59. The summed E-state index contributed by atoms with van der Waals surface area (Å²) in [7, 11) is 0. The molecule has 1 spiro atoms. The van der Waals surface area contributed by atoms with E-state index in [4.69, 9.17) is 5.73 Å². The Labute approximate surface area is 567 Å². The maximum absolute atomic E-state index is 7.17. The first-order chi connectivity index (χ1) is 45.7. The number of fused-ring (bicyclic) bond motifs is 16. The predicted octanol–water partition coefficient (Wildman–Crippen LogP) is 25.4. The predicted molar refractivity (Wildman–Crippen MR) is 405 cm³/mol. The normalized spacial score (nSPS) is 16.2. The van der Waals surface area contributed by atoms with Crippen LogP contribution in [0.2, 0.25) is 0 Å². The van der Waals surface area contributed by atoms with Crippen molar-refractivity contribution in [2.45, 2.75) is 156 Å². The molecule has 2 N–H and O–H groups in total. The Kier molecular flexibility index (Phi) is 15.2. The fourth-order valence-electron chi connectivity index (χ4n) is 17.6. The van der Waals surface area contributed by atoms with Gasteiger partial charge < -0.3 is 10.6 Å². The van der Waals surface area contributed by atoms with E-state index in [1.807, 2.05) is 0 Å². The summed E-state index contributed by atoms with van der Waals surface area (Å²) in [5.41, 5.74) is 40.1. The Bertz CT molecular complexity index is 4750. The first kappa shape index (κ1) is 62.3. The third-order valence-corrected chi connectivity index (χ3v) is 24.4. The van der Waals surface area contributed by atoms with Gasteiger partial charge in [0, 0.05) is 33.4 Å². The highest BCUT2D eigenvalue weighted by atomic mass is 15.1. The molecule has 0 saturated heterocycles. The van der Waals surface area contributed by atoms with Crippen LogP contribution in [0.15, 0.2) is 243 Å². The van der Waals surface area contributed by atoms with Crippen LogP contribution in [0.5, 0.6) is 0 Å². The largest absolute Gasteiger partial charge is 0.325 e. The van der Waals surface area contributed by atoms with Crippen LogP contribution in [-0.4, -0.2) is 5.54 Å². The maximum Gasteiger partial charge on any atom is 0.0725 e. The van der Waals surface area contributed by atoms with Crippen LogP contribution in [0, 0.1) is 16.7 Å². The number of hydrogen-bond donors (Lipinski definition) is 1. The molecule has 4 aliphatic rings. The van der Waals surface area contributed by atoms with E-state index in [2.05, 4.69) is 331 Å². The second-order valence-electron chi connectivity index (χ2n) is 31.3. The first-order valence-electron chi connectivity index (χ1n) is 35.6. The fourth-order valence-corrected chi connectivity index (χ4v) is 17.6. The smallest absolute Gasteiger partial charge is 0.0725 e. The minimum absolute atomic E-state index is 0.121. The quantitative estimate of drug-likeness (QED) is 0.0928. The van der Waals surface area contributed by atoms with Gasteiger partial charge in [-0.2, -0.15) is 0 Å². The standard InChI is InChI=1S/C93H94N2/c1-13-15-51-92(52-16-14-2)80-50-45-69(95(68-42-37-62(38-43-68)61-27-18-17-19-28-61)70-44-49-74-71-31-20-23-34-79(71)89(7,8)83(74)58-70)57-78(80)77-48-41-64(54-84(77)92)66-40-47-76-73-33-22-25-36-82(73)93(86(76)56-66)81-35-24-21-32-72(81)75-46-39-65(55-85(75)93)63-29-26-30-67(53-63)87(59-88(5,6)60(3)4)90(9,10)91(11,12)94/h17-50,53-58,60,87H,13-16,51-52,59,94H2,1-12H3. The maximum atomic E-state index is 7.17. The molecule has 11 aromatic carbocycles. The Morgan fingerprint density at radius 3 is 1.37 bits per heavy atom. The molecule has 15 rings (SSSR count). The Balaban J connectivity index is 0.871. The molecule has 0 aromatic heterocycles. The summed E-state index contributed by atoms with van der Waals surface area (Å²) in [6, 6.07) is 94.4. The van der Waals surface area contributed by atoms with E-state index in [9.17, 15) is 0 Å². The summed E-state index contributed by atoms with van der Waals surface area (Å²) >= 11 is 0. The number of rotatable bonds is 18. The molecule has 0 aliphatic heterocycles. The number of nitrogens with zero attached hydrogens (tertiary/aromatic N) is 1. The van der Waals surface area contributed by atoms with E-state index < -0.39 is 11.0 Å². The SMILES string of the molecule is CCCCC1(CCCC)c2ccc(N(c3ccc(-c4ccccc4)cc3)c3ccc4c(c3)C(C)(C)c3ccccc3-4)cc2-c2ccc(-c3ccc4c(c3)C3(c5ccccc5-c5ccc(-c6cccc(C(CC(C)(C)C(C)C)C(C)(C)C(C)(C)N)c6)cc53)c3ccccc3-4)cc21. The first-order valence-corrected chi connectivity index (χ1v) is 35.6. The van der Waals surface area contributed by atoms with E-state index >= 15 is 0 Å². The van der Waals surface area contributed by atoms with E-state index in [1.165, 1.54) is 139 Å². The second kappa shape index (κ2) is 23.2. The molecular formula is C93H94N2. The van der Waals surface area contributed by atoms with Gasteiger partial charge in [-0.3, -0.25) is 0 Å². The van der Waals surface area contributed by atoms with E-state index in [0.29, 0.717) is 5.92 Å². The molecular weight excluding hydrogens is 1150 g/mol. The summed E-state index contributed by atoms with van der Waals surface area (Å²) in [5.74, 6) is 0.776. The van der Waals surface area contributed by atoms with Crippen LogP contribution < -0.4 is 10.6 Å². The van der Waals surface area contributed by atoms with Gasteiger partial charge in [-0.05, 0) is 238 Å². The van der Waals surface area contributed by atoms with Crippen LogP contribution in [0.1, 0.15) is 184 Å². The van der Waals surface area contributed by atoms with Gasteiger partial charge in [-0.15, -0.1) is 0 Å². The van der Waals surface area contributed by atoms with Crippen molar-refractivity contribution < 1.29 is 0 Å². The molecule has 95 heavy (non-hydrogen) atoms. The highest BCUT2D eigenvalue weighted by molar-refractivity contribution is 5.98. The summed E-state index contributed by atoms with van der Waals surface area (Å²) < 4.78 is 0. The second-order valence-corrected chi connectivity index (χ2v) is 31.3. The third kappa shape index (κ3) is 9.80. The minimum Gasteiger partial charge on any atom is -0.325 e. The lowest BCUT2D eigenvalue weighted by molar-refractivity contribution is 0.0996. The number of unbranched alkanes of at least 4 members (excludes halogenated alkanes) is 2. The van der Waals surface area contributed by atoms with E-state index in [1.54, 1.807) is 0 Å². The van der Waals surface area contributed by atoms with Crippen LogP contribution in [-0.2, 0) is 16.2 Å². The molecule has 4 aliphatic carbocycles. The molecule has 11 aromatic rings. The lowest BCUT2D eigenvalue weighted by Crippen LogP contribution is -2.51. The van der Waals surface area contributed by atoms with Crippen LogP contribution in [0.25, 0.3) is 77.9 Å². The molecule has 0 saturated carbocycles. The zero-order valence-electron chi connectivity index (χ0n) is 58.2. The Morgan fingerprint density at radius 1 is 0.368 bits per heavy atom. The van der Waals surface area contributed by atoms with Gasteiger partial charge in [0.2, 0.25) is 0 Å². The highest BCUT2D eigenvalue weighted by Crippen LogP contribution is 2.65. The van der Waals surface area contributed by atoms with Crippen molar-refractivity contribution in [2.24, 2.45) is 22.5 Å². The van der Waals surface area contributed by atoms with Crippen molar-refractivity contribution in [3.8, 4) is 77.9 Å². The van der Waals surface area contributed by atoms with Gasteiger partial charge in [0.15, 0.2) is 0 Å². The van der Waals surface area contributed by atoms with Crippen molar-refractivity contribution in [2.75, 3.05) is 4.90 Å². The molecule has 0 bridgehead atoms. The van der Waals surface area contributed by atoms with Crippen LogP contribution in [0.4, 0.5) is 17.1 Å². The molecule has 0 fully saturated rings. The molecule has 476 valence electrons. The summed E-state index contributed by atoms with van der Waals surface area (Å²) in [6.45, 7) is 28.4. The average molecular weight is 1240 g/mol. The summed E-state index contributed by atoms with van der Waals surface area (Å²) in [6.07, 6.45) is 7.88. The van der Waals surface area contributed by atoms with Gasteiger partial charge in [0.05, 0.1) is 5.41 Å². The number of nitrogens with two attached hydrogens (primary N) is 1. The monoisotopic (exact) mass is 1240 g/mol. The minimum atomic E-state index is -0.529. The molecule has 2 atom stereocenters. The van der Waals surface area contributed by atoms with Crippen LogP contribution >= 0.6 is 0 Å². The van der Waals surface area contributed by atoms with Crippen molar-refractivity contribution in [1.29, 1.82) is 0 Å². The summed E-state index contributed by atoms with van der Waals surface area (Å²) in [5, 5.41) is 0. The molecule has 0 heterocycles. The Morgan fingerprint density at radius 2 is 0.800 bits per heavy atom. The van der Waals surface area contributed by atoms with Crippen molar-refractivity contribution >= 4 is 17.1 Å². The van der Waals surface area contributed by atoms with Gasteiger partial charge in [0.25, 0.3) is 0 Å². The zero-order valence-corrected chi connectivity index (χ0v) is 58.2. The topological polar surface area (TPSA) is 29.3 Å². The van der Waals surface area contributed by atoms with Gasteiger partial charge in [-0.1, -0.05) is 283 Å². The molecule has 2 unspecified atom stereocenters. The Hall–Kier alpha value is -8.82. The van der Waals surface area contributed by atoms with E-state index in [0.717, 1.165) is 50.6 Å². The number of benzene rings is 11. The van der Waals surface area contributed by atoms with Crippen molar-refractivity contribution in [1.82, 2.24) is 0 Å². The number of hydrogen-bond acceptors (Lipinski definition) is 2. The molecule has 2 heteroatoms. The van der Waals surface area contributed by atoms with E-state index in [-0.39, 0.29) is 27.6 Å². The van der Waals surface area contributed by atoms with Gasteiger partial charge in [-0.25, -0.2) is 0 Å². The molecule has 2 nitrogen and oxygen atoms in total. The average Bonchev–Trinajstić information content (AvgIpc) is 1.51. The third-order valence-electron chi connectivity index (χ3n) is 24.4. The fraction of sp³-hybridized carbons (Fsp3) is 0.290. The lowest BCUT2D eigenvalue weighted by Gasteiger charge is -2.48. The zero-order chi connectivity index (χ0) is 66.0. The van der Waals surface area contributed by atoms with Crippen molar-refractivity contribution in [3.05, 3.63) is 293 Å². The van der Waals surface area contributed by atoms with Crippen molar-refractivity contribution in [3.63, 3.8) is 0 Å². The highest BCUT2D eigenvalue weighted by Gasteiger charge is 2.52. The van der Waals surface area contributed by atoms with Gasteiger partial charge in [0.1, 0.15) is 0 Å². The van der Waals surface area contributed by atoms with Gasteiger partial charge >= 0.3 is 0 Å². The molecule has 0 radical (unpaired) electrons. The van der Waals surface area contributed by atoms with Crippen LogP contribution in [0.3, 0.4) is 0 Å². The molecule has 0 amide bonds. The number of anilines is 3. The summed E-state index contributed by atoms with van der Waals surface area (Å²) in [4.78, 5) is 2.52.